The van der Waals surface area contributed by atoms with Crippen molar-refractivity contribution in [1.29, 1.82) is 0 Å². The number of aliphatic hydroxyl groups excluding tert-OH is 1. The fraction of sp³-hybridized carbons (Fsp3) is 0.923. The van der Waals surface area contributed by atoms with Crippen LogP contribution in [0.3, 0.4) is 0 Å². The molecule has 1 fully saturated rings. The second-order valence-corrected chi connectivity index (χ2v) is 5.23. The van der Waals surface area contributed by atoms with Crippen molar-refractivity contribution in [1.82, 2.24) is 10.6 Å². The Morgan fingerprint density at radius 3 is 2.78 bits per heavy atom. The van der Waals surface area contributed by atoms with E-state index in [1.54, 1.807) is 0 Å². The van der Waals surface area contributed by atoms with Crippen LogP contribution in [0.25, 0.3) is 0 Å². The van der Waals surface area contributed by atoms with E-state index in [9.17, 15) is 9.90 Å². The number of hydrogen-bond donors (Lipinski definition) is 3. The lowest BCUT2D eigenvalue weighted by Crippen LogP contribution is -2.42. The molecule has 0 spiro atoms. The van der Waals surface area contributed by atoms with Crippen molar-refractivity contribution in [2.45, 2.75) is 51.7 Å². The topological polar surface area (TPSA) is 70.6 Å². The second kappa shape index (κ2) is 8.32. The first-order chi connectivity index (χ1) is 8.59. The van der Waals surface area contributed by atoms with Crippen LogP contribution in [0.4, 0.5) is 4.79 Å². The summed E-state index contributed by atoms with van der Waals surface area (Å²) >= 11 is 0. The minimum Gasteiger partial charge on any atom is -0.391 e. The number of amides is 2. The number of aliphatic hydroxyl groups is 1. The summed E-state index contributed by atoms with van der Waals surface area (Å²) in [4.78, 5) is 11.4. The Hall–Kier alpha value is -0.810. The molecule has 0 aromatic rings. The molecule has 5 nitrogen and oxygen atoms in total. The lowest BCUT2D eigenvalue weighted by molar-refractivity contribution is 0.0119. The fourth-order valence-electron chi connectivity index (χ4n) is 1.88. The Kier molecular flexibility index (Phi) is 7.05. The van der Waals surface area contributed by atoms with E-state index in [1.165, 1.54) is 6.42 Å². The predicted octanol–water partition coefficient (Wildman–Crippen LogP) is 1.26. The molecule has 2 unspecified atom stereocenters. The molecule has 0 aliphatic carbocycles. The van der Waals surface area contributed by atoms with E-state index in [4.69, 9.17) is 4.74 Å². The van der Waals surface area contributed by atoms with Crippen LogP contribution in [0.15, 0.2) is 0 Å². The molecule has 1 saturated heterocycles. The SMILES string of the molecule is CC(C)C(O)CNC(=O)NCCC1CCCCO1. The maximum Gasteiger partial charge on any atom is 0.314 e. The Morgan fingerprint density at radius 1 is 1.39 bits per heavy atom. The first kappa shape index (κ1) is 15.2. The summed E-state index contributed by atoms with van der Waals surface area (Å²) in [5.41, 5.74) is 0. The van der Waals surface area contributed by atoms with Gasteiger partial charge in [-0.25, -0.2) is 4.79 Å². The van der Waals surface area contributed by atoms with Gasteiger partial charge in [0, 0.05) is 19.7 Å². The highest BCUT2D eigenvalue weighted by Gasteiger charge is 2.14. The molecular formula is C13H26N2O3. The summed E-state index contributed by atoms with van der Waals surface area (Å²) in [5.74, 6) is 0.154. The van der Waals surface area contributed by atoms with Gasteiger partial charge in [0.25, 0.3) is 0 Å². The van der Waals surface area contributed by atoms with Gasteiger partial charge < -0.3 is 20.5 Å². The van der Waals surface area contributed by atoms with Crippen LogP contribution < -0.4 is 10.6 Å². The third-order valence-electron chi connectivity index (χ3n) is 3.27. The van der Waals surface area contributed by atoms with Gasteiger partial charge in [-0.3, -0.25) is 0 Å². The number of nitrogens with one attached hydrogen (secondary N) is 2. The van der Waals surface area contributed by atoms with Crippen molar-refractivity contribution in [2.75, 3.05) is 19.7 Å². The van der Waals surface area contributed by atoms with Crippen molar-refractivity contribution in [3.05, 3.63) is 0 Å². The van der Waals surface area contributed by atoms with Crippen LogP contribution in [0.2, 0.25) is 0 Å². The van der Waals surface area contributed by atoms with Crippen LogP contribution in [0, 0.1) is 5.92 Å². The lowest BCUT2D eigenvalue weighted by Gasteiger charge is -2.22. The van der Waals surface area contributed by atoms with Crippen molar-refractivity contribution >= 4 is 6.03 Å². The minimum atomic E-state index is -0.488. The molecule has 1 aliphatic heterocycles. The first-order valence-electron chi connectivity index (χ1n) is 6.91. The Balaban J connectivity index is 2.02. The third-order valence-corrected chi connectivity index (χ3v) is 3.27. The summed E-state index contributed by atoms with van der Waals surface area (Å²) in [6.07, 6.45) is 4.13. The van der Waals surface area contributed by atoms with Gasteiger partial charge in [-0.05, 0) is 31.6 Å². The zero-order valence-electron chi connectivity index (χ0n) is 11.4. The Labute approximate surface area is 109 Å². The molecule has 0 aromatic carbocycles. The van der Waals surface area contributed by atoms with Crippen LogP contribution in [-0.4, -0.2) is 43.0 Å². The molecule has 0 aromatic heterocycles. The number of rotatable bonds is 6. The number of carbonyl (C=O) groups excluding carboxylic acids is 1. The van der Waals surface area contributed by atoms with Crippen molar-refractivity contribution < 1.29 is 14.6 Å². The van der Waals surface area contributed by atoms with Crippen LogP contribution in [0.1, 0.15) is 39.5 Å². The van der Waals surface area contributed by atoms with E-state index in [-0.39, 0.29) is 11.9 Å². The Morgan fingerprint density at radius 2 is 2.17 bits per heavy atom. The van der Waals surface area contributed by atoms with Crippen molar-refractivity contribution in [3.8, 4) is 0 Å². The normalized spacial score (nSPS) is 21.7. The fourth-order valence-corrected chi connectivity index (χ4v) is 1.88. The summed E-state index contributed by atoms with van der Waals surface area (Å²) < 4.78 is 5.58. The van der Waals surface area contributed by atoms with Gasteiger partial charge in [0.2, 0.25) is 0 Å². The molecule has 2 amide bonds. The summed E-state index contributed by atoms with van der Waals surface area (Å²) in [6.45, 7) is 5.60. The van der Waals surface area contributed by atoms with Gasteiger partial charge in [-0.1, -0.05) is 13.8 Å². The molecular weight excluding hydrogens is 232 g/mol. The van der Waals surface area contributed by atoms with Crippen molar-refractivity contribution in [2.24, 2.45) is 5.92 Å². The molecule has 106 valence electrons. The highest BCUT2D eigenvalue weighted by molar-refractivity contribution is 5.73. The van der Waals surface area contributed by atoms with E-state index in [2.05, 4.69) is 10.6 Å². The zero-order valence-corrected chi connectivity index (χ0v) is 11.4. The van der Waals surface area contributed by atoms with Gasteiger partial charge >= 0.3 is 6.03 Å². The summed E-state index contributed by atoms with van der Waals surface area (Å²) in [6, 6.07) is -0.217. The molecule has 1 rings (SSSR count). The van der Waals surface area contributed by atoms with Crippen molar-refractivity contribution in [3.63, 3.8) is 0 Å². The number of carbonyl (C=O) groups is 1. The van der Waals surface area contributed by atoms with E-state index in [0.29, 0.717) is 19.2 Å². The summed E-state index contributed by atoms with van der Waals surface area (Å²) in [5, 5.41) is 15.0. The second-order valence-electron chi connectivity index (χ2n) is 5.23. The van der Waals surface area contributed by atoms with Gasteiger partial charge in [0.05, 0.1) is 12.2 Å². The van der Waals surface area contributed by atoms with E-state index in [0.717, 1.165) is 25.9 Å². The minimum absolute atomic E-state index is 0.154. The number of urea groups is 1. The van der Waals surface area contributed by atoms with Gasteiger partial charge in [-0.15, -0.1) is 0 Å². The molecule has 2 atom stereocenters. The van der Waals surface area contributed by atoms with Crippen LogP contribution in [0.5, 0.6) is 0 Å². The van der Waals surface area contributed by atoms with E-state index < -0.39 is 6.10 Å². The monoisotopic (exact) mass is 258 g/mol. The predicted molar refractivity (Wildman–Crippen MR) is 70.5 cm³/mol. The molecule has 5 heteroatoms. The average Bonchev–Trinajstić information content (AvgIpc) is 2.37. The standard InChI is InChI=1S/C13H26N2O3/c1-10(2)12(16)9-15-13(17)14-7-6-11-5-3-4-8-18-11/h10-12,16H,3-9H2,1-2H3,(H2,14,15,17). The largest absolute Gasteiger partial charge is 0.391 e. The quantitative estimate of drug-likeness (QED) is 0.672. The maximum absolute atomic E-state index is 11.4. The van der Waals surface area contributed by atoms with Crippen LogP contribution in [-0.2, 0) is 4.74 Å². The van der Waals surface area contributed by atoms with E-state index >= 15 is 0 Å². The highest BCUT2D eigenvalue weighted by Crippen LogP contribution is 2.14. The molecule has 18 heavy (non-hydrogen) atoms. The average molecular weight is 258 g/mol. The van der Waals surface area contributed by atoms with E-state index in [1.807, 2.05) is 13.8 Å². The molecule has 0 radical (unpaired) electrons. The molecule has 0 saturated carbocycles. The molecule has 3 N–H and O–H groups in total. The third kappa shape index (κ3) is 6.21. The molecule has 1 heterocycles. The smallest absolute Gasteiger partial charge is 0.314 e. The maximum atomic E-state index is 11.4. The first-order valence-corrected chi connectivity index (χ1v) is 6.91. The molecule has 0 bridgehead atoms. The highest BCUT2D eigenvalue weighted by atomic mass is 16.5. The Bertz CT molecular complexity index is 240. The molecule has 1 aliphatic rings. The van der Waals surface area contributed by atoms with Crippen LogP contribution >= 0.6 is 0 Å². The number of hydrogen-bond acceptors (Lipinski definition) is 3. The zero-order chi connectivity index (χ0) is 13.4. The summed E-state index contributed by atoms with van der Waals surface area (Å²) in [7, 11) is 0. The van der Waals surface area contributed by atoms with Gasteiger partial charge in [0.15, 0.2) is 0 Å². The van der Waals surface area contributed by atoms with Gasteiger partial charge in [-0.2, -0.15) is 0 Å². The number of ether oxygens (including phenoxy) is 1. The lowest BCUT2D eigenvalue weighted by atomic mass is 10.1. The van der Waals surface area contributed by atoms with Gasteiger partial charge in [0.1, 0.15) is 0 Å².